The van der Waals surface area contributed by atoms with Crippen LogP contribution in [0.5, 0.6) is 5.75 Å². The number of ether oxygens (including phenoxy) is 1. The molecular weight excluding hydrogens is 233 g/mol. The van der Waals surface area contributed by atoms with E-state index >= 15 is 0 Å². The highest BCUT2D eigenvalue weighted by molar-refractivity contribution is 5.79. The van der Waals surface area contributed by atoms with Gasteiger partial charge in [0.15, 0.2) is 0 Å². The molecule has 0 aliphatic carbocycles. The number of aryl methyl sites for hydroxylation is 1. The quantitative estimate of drug-likeness (QED) is 0.797. The Bertz CT molecular complexity index is 368. The summed E-state index contributed by atoms with van der Waals surface area (Å²) in [6, 6.07) is 6.90. The van der Waals surface area contributed by atoms with Crippen molar-refractivity contribution in [1.29, 1.82) is 0 Å². The van der Waals surface area contributed by atoms with Crippen molar-refractivity contribution in [3.63, 3.8) is 0 Å². The molecule has 0 atom stereocenters. The van der Waals surface area contributed by atoms with Crippen LogP contribution >= 0.6 is 0 Å². The second-order valence-corrected chi connectivity index (χ2v) is 3.68. The number of hydrogen-bond donors (Lipinski definition) is 0. The number of Topliss-reactive ketones (excluding diaryl/α,β-unsaturated/α-hetero) is 1. The maximum Gasteiger partial charge on any atom is 0.395 e. The van der Waals surface area contributed by atoms with E-state index in [-0.39, 0.29) is 6.42 Å². The fourth-order valence-electron chi connectivity index (χ4n) is 1.39. The highest BCUT2D eigenvalue weighted by Crippen LogP contribution is 2.21. The van der Waals surface area contributed by atoms with E-state index < -0.39 is 18.4 Å². The van der Waals surface area contributed by atoms with Crippen LogP contribution in [0, 0.1) is 0 Å². The van der Waals surface area contributed by atoms with Gasteiger partial charge in [-0.05, 0) is 24.1 Å². The molecule has 0 radical (unpaired) electrons. The van der Waals surface area contributed by atoms with Gasteiger partial charge in [-0.1, -0.05) is 12.1 Å². The maximum atomic E-state index is 11.9. The van der Waals surface area contributed by atoms with Crippen LogP contribution in [0.4, 0.5) is 13.2 Å². The minimum absolute atomic E-state index is 0.0914. The van der Waals surface area contributed by atoms with Crippen LogP contribution in [0.15, 0.2) is 24.3 Å². The Morgan fingerprint density at radius 2 is 1.82 bits per heavy atom. The number of ketones is 1. The van der Waals surface area contributed by atoms with Crippen LogP contribution in [0.25, 0.3) is 0 Å². The number of benzene rings is 1. The molecule has 0 bridgehead atoms. The fraction of sp³-hybridized carbons (Fsp3) is 0.417. The average Bonchev–Trinajstić information content (AvgIpc) is 2.25. The van der Waals surface area contributed by atoms with Crippen LogP contribution < -0.4 is 4.74 Å². The lowest BCUT2D eigenvalue weighted by Gasteiger charge is -2.05. The Kier molecular flexibility index (Phi) is 4.54. The van der Waals surface area contributed by atoms with E-state index in [1.807, 2.05) is 0 Å². The van der Waals surface area contributed by atoms with Crippen molar-refractivity contribution >= 4 is 5.78 Å². The lowest BCUT2D eigenvalue weighted by atomic mass is 10.1. The minimum Gasteiger partial charge on any atom is -0.497 e. The fourth-order valence-corrected chi connectivity index (χ4v) is 1.39. The van der Waals surface area contributed by atoms with Crippen molar-refractivity contribution in [1.82, 2.24) is 0 Å². The van der Waals surface area contributed by atoms with Crippen molar-refractivity contribution in [2.45, 2.75) is 25.4 Å². The zero-order valence-electron chi connectivity index (χ0n) is 9.38. The lowest BCUT2D eigenvalue weighted by molar-refractivity contribution is -0.152. The summed E-state index contributed by atoms with van der Waals surface area (Å²) in [4.78, 5) is 11.0. The Balaban J connectivity index is 2.42. The number of methoxy groups -OCH3 is 1. The van der Waals surface area contributed by atoms with E-state index in [1.165, 1.54) is 7.11 Å². The molecule has 0 fully saturated rings. The van der Waals surface area contributed by atoms with Gasteiger partial charge in [0.05, 0.1) is 7.11 Å². The minimum atomic E-state index is -4.41. The first-order valence-corrected chi connectivity index (χ1v) is 5.12. The van der Waals surface area contributed by atoms with Crippen molar-refractivity contribution in [2.75, 3.05) is 7.11 Å². The topological polar surface area (TPSA) is 26.3 Å². The van der Waals surface area contributed by atoms with Crippen molar-refractivity contribution in [3.05, 3.63) is 29.8 Å². The number of alkyl halides is 3. The van der Waals surface area contributed by atoms with Gasteiger partial charge in [-0.2, -0.15) is 13.2 Å². The third kappa shape index (κ3) is 5.38. The highest BCUT2D eigenvalue weighted by Gasteiger charge is 2.30. The van der Waals surface area contributed by atoms with Gasteiger partial charge in [0.2, 0.25) is 0 Å². The van der Waals surface area contributed by atoms with E-state index in [0.717, 1.165) is 5.56 Å². The van der Waals surface area contributed by atoms with Gasteiger partial charge in [-0.15, -0.1) is 0 Å². The monoisotopic (exact) mass is 246 g/mol. The molecule has 0 aromatic heterocycles. The number of rotatable bonds is 5. The van der Waals surface area contributed by atoms with Crippen molar-refractivity contribution in [3.8, 4) is 5.75 Å². The number of carbonyl (C=O) groups is 1. The van der Waals surface area contributed by atoms with Crippen LogP contribution in [-0.4, -0.2) is 19.1 Å². The van der Waals surface area contributed by atoms with E-state index in [0.29, 0.717) is 12.2 Å². The third-order valence-corrected chi connectivity index (χ3v) is 2.25. The molecule has 94 valence electrons. The van der Waals surface area contributed by atoms with Crippen molar-refractivity contribution < 1.29 is 22.7 Å². The van der Waals surface area contributed by atoms with Gasteiger partial charge in [0.1, 0.15) is 18.0 Å². The van der Waals surface area contributed by atoms with Gasteiger partial charge < -0.3 is 4.74 Å². The Labute approximate surface area is 97.4 Å². The second kappa shape index (κ2) is 5.70. The zero-order valence-corrected chi connectivity index (χ0v) is 9.38. The Hall–Kier alpha value is -1.52. The molecule has 0 N–H and O–H groups in total. The van der Waals surface area contributed by atoms with Crippen LogP contribution in [0.2, 0.25) is 0 Å². The molecule has 1 aromatic carbocycles. The third-order valence-electron chi connectivity index (χ3n) is 2.25. The van der Waals surface area contributed by atoms with E-state index in [9.17, 15) is 18.0 Å². The molecule has 5 heteroatoms. The van der Waals surface area contributed by atoms with Gasteiger partial charge >= 0.3 is 6.18 Å². The summed E-state index contributed by atoms with van der Waals surface area (Å²) in [6.45, 7) is 0. The SMILES string of the molecule is COc1ccc(CCC(=O)CC(F)(F)F)cc1. The van der Waals surface area contributed by atoms with Gasteiger partial charge in [-0.3, -0.25) is 4.79 Å². The number of carbonyl (C=O) groups excluding carboxylic acids is 1. The van der Waals surface area contributed by atoms with E-state index in [1.54, 1.807) is 24.3 Å². The number of hydrogen-bond acceptors (Lipinski definition) is 2. The average molecular weight is 246 g/mol. The molecule has 0 unspecified atom stereocenters. The molecular formula is C12H13F3O2. The molecule has 1 aromatic rings. The van der Waals surface area contributed by atoms with Crippen molar-refractivity contribution in [2.24, 2.45) is 0 Å². The summed E-state index contributed by atoms with van der Waals surface area (Å²) in [5.41, 5.74) is 0.821. The standard InChI is InChI=1S/C12H13F3O2/c1-17-11-6-3-9(4-7-11)2-5-10(16)8-12(13,14)15/h3-4,6-7H,2,5,8H2,1H3. The lowest BCUT2D eigenvalue weighted by Crippen LogP contribution is -2.15. The summed E-state index contributed by atoms with van der Waals surface area (Å²) in [5.74, 6) is -0.108. The first-order valence-electron chi connectivity index (χ1n) is 5.12. The second-order valence-electron chi connectivity index (χ2n) is 3.68. The van der Waals surface area contributed by atoms with E-state index in [2.05, 4.69) is 0 Å². The normalized spacial score (nSPS) is 11.3. The summed E-state index contributed by atoms with van der Waals surface area (Å²) in [7, 11) is 1.53. The molecule has 17 heavy (non-hydrogen) atoms. The zero-order chi connectivity index (χ0) is 12.9. The van der Waals surface area contributed by atoms with E-state index in [4.69, 9.17) is 4.74 Å². The number of halogens is 3. The first-order chi connectivity index (χ1) is 7.90. The molecule has 0 spiro atoms. The Morgan fingerprint density at radius 1 is 1.24 bits per heavy atom. The maximum absolute atomic E-state index is 11.9. The summed E-state index contributed by atoms with van der Waals surface area (Å²) >= 11 is 0. The molecule has 0 aliphatic heterocycles. The molecule has 0 saturated carbocycles. The Morgan fingerprint density at radius 3 is 2.29 bits per heavy atom. The molecule has 0 amide bonds. The van der Waals surface area contributed by atoms with Crippen LogP contribution in [-0.2, 0) is 11.2 Å². The van der Waals surface area contributed by atoms with Crippen LogP contribution in [0.3, 0.4) is 0 Å². The predicted octanol–water partition coefficient (Wildman–Crippen LogP) is 3.15. The molecule has 1 rings (SSSR count). The van der Waals surface area contributed by atoms with Gasteiger partial charge in [-0.25, -0.2) is 0 Å². The summed E-state index contributed by atoms with van der Waals surface area (Å²) < 4.78 is 40.6. The van der Waals surface area contributed by atoms with Gasteiger partial charge in [0, 0.05) is 6.42 Å². The largest absolute Gasteiger partial charge is 0.497 e. The molecule has 0 saturated heterocycles. The highest BCUT2D eigenvalue weighted by atomic mass is 19.4. The summed E-state index contributed by atoms with van der Waals surface area (Å²) in [5, 5.41) is 0. The van der Waals surface area contributed by atoms with Gasteiger partial charge in [0.25, 0.3) is 0 Å². The summed E-state index contributed by atoms with van der Waals surface area (Å²) in [6.07, 6.45) is -5.52. The first kappa shape index (κ1) is 13.5. The molecule has 0 heterocycles. The molecule has 0 aliphatic rings. The molecule has 2 nitrogen and oxygen atoms in total. The predicted molar refractivity (Wildman–Crippen MR) is 57.0 cm³/mol. The smallest absolute Gasteiger partial charge is 0.395 e. The van der Waals surface area contributed by atoms with Crippen LogP contribution in [0.1, 0.15) is 18.4 Å².